The van der Waals surface area contributed by atoms with Gasteiger partial charge in [0.2, 0.25) is 0 Å². The highest BCUT2D eigenvalue weighted by Gasteiger charge is 2.34. The molecular formula is C26H22N2O6S. The highest BCUT2D eigenvalue weighted by molar-refractivity contribution is 7.93. The summed E-state index contributed by atoms with van der Waals surface area (Å²) in [7, 11) is -1.21. The second kappa shape index (κ2) is 9.91. The van der Waals surface area contributed by atoms with E-state index in [1.807, 2.05) is 18.2 Å². The molecule has 0 bridgehead atoms. The van der Waals surface area contributed by atoms with Gasteiger partial charge in [-0.25, -0.2) is 13.2 Å². The van der Waals surface area contributed by atoms with Crippen molar-refractivity contribution in [1.82, 2.24) is 0 Å². The number of nitrogens with zero attached hydrogens (tertiary/aromatic N) is 2. The van der Waals surface area contributed by atoms with Gasteiger partial charge in [0, 0.05) is 12.6 Å². The van der Waals surface area contributed by atoms with Gasteiger partial charge in [0.15, 0.2) is 11.5 Å². The number of carbonyl (C=O) groups is 1. The first-order chi connectivity index (χ1) is 16.9. The van der Waals surface area contributed by atoms with E-state index in [0.717, 1.165) is 5.56 Å². The second-order valence-electron chi connectivity index (χ2n) is 7.60. The third kappa shape index (κ3) is 4.83. The van der Waals surface area contributed by atoms with Crippen LogP contribution in [0, 0.1) is 11.3 Å². The molecule has 1 heterocycles. The van der Waals surface area contributed by atoms with Crippen LogP contribution in [-0.4, -0.2) is 35.2 Å². The van der Waals surface area contributed by atoms with Crippen LogP contribution in [0.15, 0.2) is 71.6 Å². The van der Waals surface area contributed by atoms with Gasteiger partial charge in [-0.1, -0.05) is 18.2 Å². The Hall–Kier alpha value is -4.29. The van der Waals surface area contributed by atoms with Crippen LogP contribution >= 0.6 is 0 Å². The van der Waals surface area contributed by atoms with Crippen molar-refractivity contribution in [2.75, 3.05) is 25.1 Å². The van der Waals surface area contributed by atoms with Gasteiger partial charge in [-0.2, -0.15) is 5.26 Å². The maximum absolute atomic E-state index is 13.7. The molecule has 8 nitrogen and oxygen atoms in total. The molecule has 0 aliphatic carbocycles. The van der Waals surface area contributed by atoms with Crippen LogP contribution in [0.25, 0.3) is 6.08 Å². The van der Waals surface area contributed by atoms with E-state index in [9.17, 15) is 13.2 Å². The van der Waals surface area contributed by atoms with Gasteiger partial charge in [-0.15, -0.1) is 0 Å². The molecule has 1 aliphatic rings. The lowest BCUT2D eigenvalue weighted by molar-refractivity contribution is -0.128. The molecule has 0 radical (unpaired) electrons. The Morgan fingerprint density at radius 3 is 2.49 bits per heavy atom. The lowest BCUT2D eigenvalue weighted by Gasteiger charge is -2.22. The highest BCUT2D eigenvalue weighted by atomic mass is 32.2. The summed E-state index contributed by atoms with van der Waals surface area (Å²) in [5.74, 6) is -0.0975. The van der Waals surface area contributed by atoms with E-state index in [4.69, 9.17) is 19.5 Å². The number of methoxy groups -OCH3 is 2. The number of hydrogen-bond donors (Lipinski definition) is 0. The van der Waals surface area contributed by atoms with Crippen molar-refractivity contribution in [1.29, 1.82) is 5.26 Å². The fourth-order valence-electron chi connectivity index (χ4n) is 3.83. The molecule has 0 aromatic heterocycles. The Labute approximate surface area is 203 Å². The van der Waals surface area contributed by atoms with Crippen LogP contribution in [0.2, 0.25) is 0 Å². The van der Waals surface area contributed by atoms with E-state index < -0.39 is 16.0 Å². The van der Waals surface area contributed by atoms with E-state index in [2.05, 4.69) is 0 Å². The van der Waals surface area contributed by atoms with Gasteiger partial charge in [0.25, 0.3) is 10.0 Å². The Balaban J connectivity index is 1.66. The summed E-state index contributed by atoms with van der Waals surface area (Å²) in [6, 6.07) is 18.4. The minimum Gasteiger partial charge on any atom is -0.493 e. The van der Waals surface area contributed by atoms with Crippen LogP contribution in [0.4, 0.5) is 5.69 Å². The first-order valence-electron chi connectivity index (χ1n) is 10.6. The lowest BCUT2D eigenvalue weighted by Crippen LogP contribution is -2.29. The number of rotatable bonds is 7. The van der Waals surface area contributed by atoms with Crippen molar-refractivity contribution in [3.8, 4) is 23.3 Å². The number of nitriles is 1. The minimum absolute atomic E-state index is 0.0730. The van der Waals surface area contributed by atoms with Crippen LogP contribution in [0.5, 0.6) is 17.2 Å². The molecule has 35 heavy (non-hydrogen) atoms. The number of esters is 1. The fraction of sp³-hybridized carbons (Fsp3) is 0.154. The number of para-hydroxylation sites is 1. The molecule has 3 aromatic carbocycles. The van der Waals surface area contributed by atoms with Crippen LogP contribution in [0.3, 0.4) is 0 Å². The van der Waals surface area contributed by atoms with Crippen molar-refractivity contribution >= 4 is 27.8 Å². The third-order valence-electron chi connectivity index (χ3n) is 5.49. The predicted molar refractivity (Wildman–Crippen MR) is 130 cm³/mol. The number of carbonyl (C=O) groups excluding carboxylic acids is 1. The normalized spacial score (nSPS) is 12.8. The van der Waals surface area contributed by atoms with Crippen LogP contribution in [0.1, 0.15) is 16.7 Å². The summed E-state index contributed by atoms with van der Waals surface area (Å²) in [5.41, 5.74) is 2.43. The molecule has 4 rings (SSSR count). The number of sulfonamides is 1. The van der Waals surface area contributed by atoms with Crippen molar-refractivity contribution < 1.29 is 27.4 Å². The number of ether oxygens (including phenoxy) is 3. The zero-order chi connectivity index (χ0) is 25.0. The largest absolute Gasteiger partial charge is 0.493 e. The van der Waals surface area contributed by atoms with Crippen LogP contribution in [-0.2, 0) is 21.2 Å². The maximum Gasteiger partial charge on any atom is 0.336 e. The monoisotopic (exact) mass is 490 g/mol. The quantitative estimate of drug-likeness (QED) is 0.280. The molecular weight excluding hydrogens is 468 g/mol. The van der Waals surface area contributed by atoms with E-state index >= 15 is 0 Å². The lowest BCUT2D eigenvalue weighted by atomic mass is 10.2. The van der Waals surface area contributed by atoms with Gasteiger partial charge in [-0.05, 0) is 66.1 Å². The Bertz CT molecular complexity index is 1440. The topological polar surface area (TPSA) is 106 Å². The maximum atomic E-state index is 13.7. The SMILES string of the molecule is COc1cc(/C=C/C(=O)Oc2ccc(C#N)cc2)cc(S(=O)(=O)N2CCc3ccccc32)c1OC. The van der Waals surface area contributed by atoms with E-state index in [1.54, 1.807) is 18.2 Å². The molecule has 0 spiro atoms. The molecule has 3 aromatic rings. The summed E-state index contributed by atoms with van der Waals surface area (Å²) in [4.78, 5) is 12.2. The van der Waals surface area contributed by atoms with Crippen LogP contribution < -0.4 is 18.5 Å². The zero-order valence-electron chi connectivity index (χ0n) is 19.1. The van der Waals surface area contributed by atoms with Gasteiger partial charge in [0.1, 0.15) is 10.6 Å². The van der Waals surface area contributed by atoms with Crippen molar-refractivity contribution in [3.05, 3.63) is 83.4 Å². The number of fused-ring (bicyclic) bond motifs is 1. The number of hydrogen-bond acceptors (Lipinski definition) is 7. The van der Waals surface area contributed by atoms with Gasteiger partial charge in [-0.3, -0.25) is 4.31 Å². The molecule has 0 amide bonds. The minimum atomic E-state index is -3.99. The standard InChI is InChI=1S/C26H22N2O6S/c1-32-23-15-19(9-12-25(29)34-21-10-7-18(17-27)8-11-21)16-24(26(23)33-2)35(30,31)28-14-13-20-5-3-4-6-22(20)28/h3-12,15-16H,13-14H2,1-2H3/b12-9+. The summed E-state index contributed by atoms with van der Waals surface area (Å²) >= 11 is 0. The Morgan fingerprint density at radius 2 is 1.80 bits per heavy atom. The predicted octanol–water partition coefficient (Wildman–Crippen LogP) is 3.95. The molecule has 178 valence electrons. The van der Waals surface area contributed by atoms with Gasteiger partial charge < -0.3 is 14.2 Å². The molecule has 0 fully saturated rings. The Morgan fingerprint density at radius 1 is 1.06 bits per heavy atom. The summed E-state index contributed by atoms with van der Waals surface area (Å²) in [6.07, 6.45) is 3.22. The van der Waals surface area contributed by atoms with Crippen molar-refractivity contribution in [2.45, 2.75) is 11.3 Å². The van der Waals surface area contributed by atoms with Crippen molar-refractivity contribution in [2.24, 2.45) is 0 Å². The molecule has 0 saturated carbocycles. The van der Waals surface area contributed by atoms with Gasteiger partial charge >= 0.3 is 5.97 Å². The zero-order valence-corrected chi connectivity index (χ0v) is 19.9. The summed E-state index contributed by atoms with van der Waals surface area (Å²) in [5, 5.41) is 8.86. The molecule has 0 atom stereocenters. The fourth-order valence-corrected chi connectivity index (χ4v) is 5.54. The average Bonchev–Trinajstić information content (AvgIpc) is 3.32. The first-order valence-corrected chi connectivity index (χ1v) is 12.1. The highest BCUT2D eigenvalue weighted by Crippen LogP contribution is 2.40. The second-order valence-corrected chi connectivity index (χ2v) is 9.43. The van der Waals surface area contributed by atoms with Crippen molar-refractivity contribution in [3.63, 3.8) is 0 Å². The first kappa shape index (κ1) is 23.9. The smallest absolute Gasteiger partial charge is 0.336 e. The molecule has 9 heteroatoms. The summed E-state index contributed by atoms with van der Waals surface area (Å²) in [6.45, 7) is 0.310. The van der Waals surface area contributed by atoms with Gasteiger partial charge in [0.05, 0.1) is 31.5 Å². The summed E-state index contributed by atoms with van der Waals surface area (Å²) < 4.78 is 44.7. The third-order valence-corrected chi connectivity index (χ3v) is 7.31. The molecule has 0 N–H and O–H groups in total. The molecule has 1 aliphatic heterocycles. The molecule has 0 saturated heterocycles. The number of benzene rings is 3. The van der Waals surface area contributed by atoms with E-state index in [-0.39, 0.29) is 22.1 Å². The molecule has 0 unspecified atom stereocenters. The average molecular weight is 491 g/mol. The number of anilines is 1. The van der Waals surface area contributed by atoms with E-state index in [1.165, 1.54) is 61.0 Å². The van der Waals surface area contributed by atoms with E-state index in [0.29, 0.717) is 29.8 Å². The Kier molecular flexibility index (Phi) is 6.75.